The maximum atomic E-state index is 13.3. The van der Waals surface area contributed by atoms with E-state index in [2.05, 4.69) is 20.8 Å². The second kappa shape index (κ2) is 15.2. The number of alkyl halides is 3. The first-order valence-electron chi connectivity index (χ1n) is 12.9. The average molecular weight is 585 g/mol. The molecule has 0 fully saturated rings. The lowest BCUT2D eigenvalue weighted by atomic mass is 9.99. The smallest absolute Gasteiger partial charge is 0.416 e. The van der Waals surface area contributed by atoms with Crippen LogP contribution >= 0.6 is 0 Å². The number of carbonyl (C=O) groups excluding carboxylic acids is 1. The van der Waals surface area contributed by atoms with E-state index in [1.165, 1.54) is 38.6 Å². The van der Waals surface area contributed by atoms with Crippen LogP contribution in [0, 0.1) is 0 Å². The Morgan fingerprint density at radius 3 is 2.36 bits per heavy atom. The third-order valence-electron chi connectivity index (χ3n) is 5.83. The molecule has 0 spiro atoms. The highest BCUT2D eigenvalue weighted by Gasteiger charge is 2.33. The molecule has 3 aromatic rings. The molecule has 1 atom stereocenters. The van der Waals surface area contributed by atoms with Crippen LogP contribution in [-0.2, 0) is 32.1 Å². The predicted octanol–water partition coefficient (Wildman–Crippen LogP) is 5.89. The zero-order valence-corrected chi connectivity index (χ0v) is 23.5. The second-order valence-electron chi connectivity index (χ2n) is 8.63. The first-order chi connectivity index (χ1) is 20.2. The number of oxime groups is 3. The van der Waals surface area contributed by atoms with Crippen LogP contribution in [0.25, 0.3) is 0 Å². The first kappa shape index (κ1) is 31.7. The Bertz CT molecular complexity index is 1420. The van der Waals surface area contributed by atoms with Crippen molar-refractivity contribution in [3.8, 4) is 5.75 Å². The minimum atomic E-state index is -4.47. The van der Waals surface area contributed by atoms with Gasteiger partial charge in [0.1, 0.15) is 37.9 Å². The molecule has 0 aromatic heterocycles. The summed E-state index contributed by atoms with van der Waals surface area (Å²) in [6, 6.07) is 18.9. The largest absolute Gasteiger partial charge is 0.489 e. The summed E-state index contributed by atoms with van der Waals surface area (Å²) in [7, 11) is 2.84. The Morgan fingerprint density at radius 2 is 1.69 bits per heavy atom. The monoisotopic (exact) mass is 584 g/mol. The number of benzene rings is 3. The van der Waals surface area contributed by atoms with Gasteiger partial charge in [-0.3, -0.25) is 4.79 Å². The number of hydrogen-bond acceptors (Lipinski definition) is 8. The van der Waals surface area contributed by atoms with Gasteiger partial charge in [0.25, 0.3) is 5.91 Å². The van der Waals surface area contributed by atoms with Gasteiger partial charge in [0.05, 0.1) is 11.8 Å². The first-order valence-corrected chi connectivity index (χ1v) is 12.9. The molecule has 0 saturated carbocycles. The van der Waals surface area contributed by atoms with Gasteiger partial charge in [-0.25, -0.2) is 0 Å². The number of likely N-dealkylation sites (N-methyl/N-ethyl adjacent to an activating group) is 1. The van der Waals surface area contributed by atoms with Crippen molar-refractivity contribution in [1.29, 1.82) is 0 Å². The molecule has 0 radical (unpaired) electrons. The van der Waals surface area contributed by atoms with Gasteiger partial charge in [0.2, 0.25) is 0 Å². The van der Waals surface area contributed by atoms with Crippen LogP contribution in [0.1, 0.15) is 47.8 Å². The van der Waals surface area contributed by atoms with Crippen molar-refractivity contribution in [3.05, 3.63) is 101 Å². The highest BCUT2D eigenvalue weighted by molar-refractivity contribution is 6.45. The van der Waals surface area contributed by atoms with Crippen molar-refractivity contribution in [3.63, 3.8) is 0 Å². The van der Waals surface area contributed by atoms with Crippen LogP contribution in [-0.4, -0.2) is 44.3 Å². The van der Waals surface area contributed by atoms with E-state index in [0.717, 1.165) is 6.07 Å². The molecular weight excluding hydrogens is 553 g/mol. The van der Waals surface area contributed by atoms with E-state index in [-0.39, 0.29) is 17.9 Å². The van der Waals surface area contributed by atoms with E-state index in [4.69, 9.17) is 19.2 Å². The third kappa shape index (κ3) is 8.56. The van der Waals surface area contributed by atoms with Gasteiger partial charge in [-0.2, -0.15) is 13.2 Å². The summed E-state index contributed by atoms with van der Waals surface area (Å²) in [5.41, 5.74) is 1.46. The molecule has 1 unspecified atom stereocenters. The quantitative estimate of drug-likeness (QED) is 0.200. The number of amides is 1. The zero-order valence-electron chi connectivity index (χ0n) is 23.5. The standard InChI is InChI=1S/C30H31F3N4O5/c1-5-41-36-27(18-35-42-20(2)24-11-7-8-12-25(24)28(37-39-4)29(38)34-3)21-14-16-23(17-15-21)40-19-22-10-6-9-13-26(22)30(31,32)33/h6-18,20H,5,19H2,1-4H3,(H,34,38). The Morgan fingerprint density at radius 1 is 1.00 bits per heavy atom. The molecule has 12 heteroatoms. The lowest BCUT2D eigenvalue weighted by Gasteiger charge is -2.15. The van der Waals surface area contributed by atoms with Crippen LogP contribution in [0.3, 0.4) is 0 Å². The summed E-state index contributed by atoms with van der Waals surface area (Å²) < 4.78 is 45.4. The average Bonchev–Trinajstić information content (AvgIpc) is 3.00. The SMILES string of the molecule is CCON=C(C=NOC(C)c1ccccc1C(=NOC)C(=O)NC)c1ccc(OCc2ccccc2C(F)(F)F)cc1. The number of carbonyl (C=O) groups is 1. The van der Waals surface area contributed by atoms with Crippen molar-refractivity contribution in [2.75, 3.05) is 20.8 Å². The van der Waals surface area contributed by atoms with E-state index in [0.29, 0.717) is 34.8 Å². The highest BCUT2D eigenvalue weighted by Crippen LogP contribution is 2.32. The lowest BCUT2D eigenvalue weighted by Crippen LogP contribution is -2.29. The minimum absolute atomic E-state index is 0.0311. The molecule has 42 heavy (non-hydrogen) atoms. The van der Waals surface area contributed by atoms with E-state index in [1.807, 2.05) is 0 Å². The molecule has 222 valence electrons. The van der Waals surface area contributed by atoms with Crippen LogP contribution in [0.2, 0.25) is 0 Å². The Hall–Kier alpha value is -4.87. The van der Waals surface area contributed by atoms with Crippen LogP contribution < -0.4 is 10.1 Å². The topological polar surface area (TPSA) is 103 Å². The molecule has 3 rings (SSSR count). The summed E-state index contributed by atoms with van der Waals surface area (Å²) in [6.07, 6.45) is -3.69. The summed E-state index contributed by atoms with van der Waals surface area (Å²) in [4.78, 5) is 28.1. The molecule has 9 nitrogen and oxygen atoms in total. The van der Waals surface area contributed by atoms with Gasteiger partial charge in [-0.1, -0.05) is 57.9 Å². The Labute approximate surface area is 241 Å². The van der Waals surface area contributed by atoms with Crippen LogP contribution in [0.5, 0.6) is 5.75 Å². The number of hydrogen-bond donors (Lipinski definition) is 1. The van der Waals surface area contributed by atoms with Gasteiger partial charge in [-0.15, -0.1) is 0 Å². The predicted molar refractivity (Wildman–Crippen MR) is 152 cm³/mol. The van der Waals surface area contributed by atoms with Crippen molar-refractivity contribution >= 4 is 23.5 Å². The molecule has 0 aliphatic rings. The maximum absolute atomic E-state index is 13.3. The molecule has 0 bridgehead atoms. The number of nitrogens with zero attached hydrogens (tertiary/aromatic N) is 3. The highest BCUT2D eigenvalue weighted by atomic mass is 19.4. The molecule has 0 heterocycles. The maximum Gasteiger partial charge on any atom is 0.416 e. The van der Waals surface area contributed by atoms with Crippen LogP contribution in [0.15, 0.2) is 88.3 Å². The van der Waals surface area contributed by atoms with Gasteiger partial charge < -0.3 is 24.6 Å². The molecule has 0 saturated heterocycles. The summed E-state index contributed by atoms with van der Waals surface area (Å²) in [5, 5.41) is 14.5. The third-order valence-corrected chi connectivity index (χ3v) is 5.83. The van der Waals surface area contributed by atoms with Crippen molar-refractivity contribution in [2.45, 2.75) is 32.7 Å². The normalized spacial score (nSPS) is 13.0. The number of nitrogens with one attached hydrogen (secondary N) is 1. The van der Waals surface area contributed by atoms with Crippen molar-refractivity contribution in [1.82, 2.24) is 5.32 Å². The fourth-order valence-electron chi connectivity index (χ4n) is 3.81. The molecule has 1 N–H and O–H groups in total. The molecule has 3 aromatic carbocycles. The van der Waals surface area contributed by atoms with E-state index in [1.54, 1.807) is 62.4 Å². The molecular formula is C30H31F3N4O5. The van der Waals surface area contributed by atoms with Crippen LogP contribution in [0.4, 0.5) is 13.2 Å². The number of ether oxygens (including phenoxy) is 1. The van der Waals surface area contributed by atoms with Crippen molar-refractivity contribution in [2.24, 2.45) is 15.5 Å². The number of rotatable bonds is 13. The zero-order chi connectivity index (χ0) is 30.5. The lowest BCUT2D eigenvalue weighted by molar-refractivity contribution is -0.138. The van der Waals surface area contributed by atoms with E-state index >= 15 is 0 Å². The van der Waals surface area contributed by atoms with E-state index in [9.17, 15) is 18.0 Å². The van der Waals surface area contributed by atoms with Gasteiger partial charge in [0, 0.05) is 29.3 Å². The minimum Gasteiger partial charge on any atom is -0.489 e. The van der Waals surface area contributed by atoms with Gasteiger partial charge in [0.15, 0.2) is 5.71 Å². The summed E-state index contributed by atoms with van der Waals surface area (Å²) in [6.45, 7) is 3.59. The van der Waals surface area contributed by atoms with Gasteiger partial charge >= 0.3 is 6.18 Å². The fraction of sp³-hybridized carbons (Fsp3) is 0.267. The van der Waals surface area contributed by atoms with Crippen molar-refractivity contribution < 1.29 is 37.2 Å². The summed E-state index contributed by atoms with van der Waals surface area (Å²) >= 11 is 0. The summed E-state index contributed by atoms with van der Waals surface area (Å²) in [5.74, 6) is -0.0577. The fourth-order valence-corrected chi connectivity index (χ4v) is 3.81. The van der Waals surface area contributed by atoms with Gasteiger partial charge in [-0.05, 0) is 44.2 Å². The molecule has 1 amide bonds. The second-order valence-corrected chi connectivity index (χ2v) is 8.63. The Kier molecular flexibility index (Phi) is 11.5. The Balaban J connectivity index is 1.74. The number of halogens is 3. The van der Waals surface area contributed by atoms with E-state index < -0.39 is 23.8 Å². The molecule has 0 aliphatic heterocycles. The molecule has 0 aliphatic carbocycles.